The Morgan fingerprint density at radius 3 is 2.51 bits per heavy atom. The molecule has 0 radical (unpaired) electrons. The fourth-order valence-corrected chi connectivity index (χ4v) is 5.38. The largest absolute Gasteiger partial charge is 0.390 e. The molecule has 1 saturated carbocycles. The first-order chi connectivity index (χ1) is 16.8. The molecule has 0 atom stereocenters. The molecule has 8 heteroatoms. The van der Waals surface area contributed by atoms with Crippen molar-refractivity contribution in [1.29, 1.82) is 0 Å². The van der Waals surface area contributed by atoms with E-state index in [-0.39, 0.29) is 0 Å². The van der Waals surface area contributed by atoms with Crippen molar-refractivity contribution in [1.82, 2.24) is 24.6 Å². The fourth-order valence-electron chi connectivity index (χ4n) is 5.38. The predicted octanol–water partition coefficient (Wildman–Crippen LogP) is 4.66. The molecule has 0 amide bonds. The smallest absolute Gasteiger partial charge is 0.160 e. The number of rotatable bonds is 4. The van der Waals surface area contributed by atoms with E-state index in [2.05, 4.69) is 35.3 Å². The van der Waals surface area contributed by atoms with Crippen LogP contribution in [0.25, 0.3) is 28.1 Å². The fraction of sp³-hybridized carbons (Fsp3) is 0.481. The zero-order valence-electron chi connectivity index (χ0n) is 20.8. The number of aryl methyl sites for hydroxylation is 2. The second kappa shape index (κ2) is 8.45. The monoisotopic (exact) mass is 471 g/mol. The summed E-state index contributed by atoms with van der Waals surface area (Å²) in [4.78, 5) is 17.1. The quantitative estimate of drug-likeness (QED) is 0.447. The van der Waals surface area contributed by atoms with Gasteiger partial charge in [0.25, 0.3) is 0 Å². The van der Waals surface area contributed by atoms with E-state index in [4.69, 9.17) is 20.1 Å². The highest BCUT2D eigenvalue weighted by molar-refractivity contribution is 5.79. The Morgan fingerprint density at radius 1 is 0.971 bits per heavy atom. The van der Waals surface area contributed by atoms with Crippen molar-refractivity contribution in [2.24, 2.45) is 0 Å². The van der Waals surface area contributed by atoms with Crippen LogP contribution in [0.1, 0.15) is 56.7 Å². The molecule has 2 N–H and O–H groups in total. The van der Waals surface area contributed by atoms with E-state index in [0.717, 1.165) is 89.7 Å². The Balaban J connectivity index is 1.42. The van der Waals surface area contributed by atoms with E-state index in [0.29, 0.717) is 6.04 Å². The summed E-state index contributed by atoms with van der Waals surface area (Å²) in [6, 6.07) is 10.6. The van der Waals surface area contributed by atoms with Crippen LogP contribution >= 0.6 is 0 Å². The van der Waals surface area contributed by atoms with Crippen LogP contribution in [-0.2, 0) is 0 Å². The number of hydrogen-bond donors (Lipinski definition) is 2. The molecule has 8 nitrogen and oxygen atoms in total. The van der Waals surface area contributed by atoms with Gasteiger partial charge in [0.15, 0.2) is 5.65 Å². The highest BCUT2D eigenvalue weighted by Crippen LogP contribution is 2.32. The molecule has 0 unspecified atom stereocenters. The summed E-state index contributed by atoms with van der Waals surface area (Å²) in [5.74, 6) is 1.93. The van der Waals surface area contributed by atoms with Gasteiger partial charge in [0.1, 0.15) is 23.0 Å². The maximum absolute atomic E-state index is 10.4. The van der Waals surface area contributed by atoms with E-state index in [1.165, 1.54) is 12.8 Å². The maximum atomic E-state index is 10.4. The number of benzene rings is 1. The molecule has 0 bridgehead atoms. The van der Waals surface area contributed by atoms with Gasteiger partial charge in [-0.15, -0.1) is 0 Å². The third-order valence-corrected chi connectivity index (χ3v) is 7.50. The topological polar surface area (TPSA) is 91.5 Å². The zero-order valence-corrected chi connectivity index (χ0v) is 20.8. The molecule has 182 valence electrons. The summed E-state index contributed by atoms with van der Waals surface area (Å²) in [5, 5.41) is 19.1. The number of aromatic nitrogens is 5. The van der Waals surface area contributed by atoms with Gasteiger partial charge < -0.3 is 15.3 Å². The molecule has 2 fully saturated rings. The first-order valence-electron chi connectivity index (χ1n) is 12.7. The molecule has 1 aliphatic heterocycles. The molecule has 1 aliphatic carbocycles. The number of hydrogen-bond acceptors (Lipinski definition) is 7. The van der Waals surface area contributed by atoms with Crippen molar-refractivity contribution < 1.29 is 5.11 Å². The second-order valence-electron chi connectivity index (χ2n) is 10.6. The Labute approximate surface area is 205 Å². The van der Waals surface area contributed by atoms with Crippen molar-refractivity contribution >= 4 is 28.3 Å². The molecule has 4 aromatic rings. The molecule has 35 heavy (non-hydrogen) atoms. The highest BCUT2D eigenvalue weighted by Gasteiger charge is 2.29. The van der Waals surface area contributed by atoms with Gasteiger partial charge in [0.05, 0.1) is 22.3 Å². The van der Waals surface area contributed by atoms with Gasteiger partial charge in [0.2, 0.25) is 0 Å². The first kappa shape index (κ1) is 22.2. The number of nitrogens with one attached hydrogen (secondary N) is 1. The lowest BCUT2D eigenvalue weighted by Crippen LogP contribution is -2.36. The summed E-state index contributed by atoms with van der Waals surface area (Å²) in [6.07, 6.45) is 5.85. The van der Waals surface area contributed by atoms with Crippen LogP contribution in [0.3, 0.4) is 0 Å². The summed E-state index contributed by atoms with van der Waals surface area (Å²) in [5.41, 5.74) is 5.59. The number of nitrogens with zero attached hydrogens (tertiary/aromatic N) is 6. The average molecular weight is 472 g/mol. The number of aliphatic hydroxyl groups is 1. The van der Waals surface area contributed by atoms with E-state index < -0.39 is 5.60 Å². The Bertz CT molecular complexity index is 1390. The minimum Gasteiger partial charge on any atom is -0.390 e. The number of fused-ring (bicyclic) bond motifs is 2. The zero-order chi connectivity index (χ0) is 24.2. The van der Waals surface area contributed by atoms with Crippen LogP contribution in [0, 0.1) is 13.8 Å². The van der Waals surface area contributed by atoms with Gasteiger partial charge in [-0.05, 0) is 77.0 Å². The highest BCUT2D eigenvalue weighted by atomic mass is 16.3. The summed E-state index contributed by atoms with van der Waals surface area (Å²) in [6.45, 7) is 8.06. The third-order valence-electron chi connectivity index (χ3n) is 7.50. The van der Waals surface area contributed by atoms with Crippen molar-refractivity contribution in [3.63, 3.8) is 0 Å². The van der Waals surface area contributed by atoms with Gasteiger partial charge in [-0.25, -0.2) is 15.0 Å². The SMILES string of the molecule is Cc1ccc2nc(C)c(-c3cc4nc(N5CCCC5)cc(N[C@H]5CC[C@](C)(O)CC5)n4n3)nc2c1. The van der Waals surface area contributed by atoms with Crippen LogP contribution in [0.5, 0.6) is 0 Å². The van der Waals surface area contributed by atoms with Gasteiger partial charge in [0, 0.05) is 31.3 Å². The van der Waals surface area contributed by atoms with Gasteiger partial charge in [-0.3, -0.25) is 0 Å². The molecule has 2 aliphatic rings. The van der Waals surface area contributed by atoms with Crippen LogP contribution in [-0.4, -0.2) is 54.4 Å². The van der Waals surface area contributed by atoms with Crippen LogP contribution in [0.4, 0.5) is 11.6 Å². The Morgan fingerprint density at radius 2 is 1.74 bits per heavy atom. The van der Waals surface area contributed by atoms with Crippen molar-refractivity contribution in [3.05, 3.63) is 41.6 Å². The van der Waals surface area contributed by atoms with Crippen molar-refractivity contribution in [2.75, 3.05) is 23.3 Å². The molecule has 0 spiro atoms. The van der Waals surface area contributed by atoms with Crippen molar-refractivity contribution in [2.45, 2.75) is 70.9 Å². The van der Waals surface area contributed by atoms with Crippen LogP contribution < -0.4 is 10.2 Å². The molecular formula is C27H33N7O. The number of anilines is 2. The normalized spacial score (nSPS) is 22.9. The molecule has 4 heterocycles. The van der Waals surface area contributed by atoms with Crippen LogP contribution in [0.15, 0.2) is 30.3 Å². The summed E-state index contributed by atoms with van der Waals surface area (Å²) < 4.78 is 1.91. The lowest BCUT2D eigenvalue weighted by molar-refractivity contribution is 0.0196. The maximum Gasteiger partial charge on any atom is 0.160 e. The van der Waals surface area contributed by atoms with E-state index in [1.807, 2.05) is 30.5 Å². The predicted molar refractivity (Wildman–Crippen MR) is 139 cm³/mol. The van der Waals surface area contributed by atoms with Gasteiger partial charge in [-0.2, -0.15) is 9.61 Å². The molecular weight excluding hydrogens is 438 g/mol. The van der Waals surface area contributed by atoms with Gasteiger partial charge >= 0.3 is 0 Å². The standard InChI is InChI=1S/C27H33N7O/c1-17-6-7-20-21(14-17)30-26(18(2)28-20)22-15-24-31-23(33-12-4-5-13-33)16-25(34(24)32-22)29-19-8-10-27(3,35)11-9-19/h6-7,14-16,19,29,35H,4-5,8-13H2,1-3H3/t19-,27-. The summed E-state index contributed by atoms with van der Waals surface area (Å²) >= 11 is 0. The van der Waals surface area contributed by atoms with E-state index >= 15 is 0 Å². The first-order valence-corrected chi connectivity index (χ1v) is 12.7. The van der Waals surface area contributed by atoms with Crippen LogP contribution in [0.2, 0.25) is 0 Å². The molecule has 6 rings (SSSR count). The third kappa shape index (κ3) is 4.31. The minimum atomic E-state index is -0.560. The van der Waals surface area contributed by atoms with Gasteiger partial charge in [-0.1, -0.05) is 6.07 Å². The molecule has 1 saturated heterocycles. The molecule has 3 aromatic heterocycles. The van der Waals surface area contributed by atoms with E-state index in [9.17, 15) is 5.11 Å². The lowest BCUT2D eigenvalue weighted by atomic mass is 9.84. The Kier molecular flexibility index (Phi) is 5.36. The second-order valence-corrected chi connectivity index (χ2v) is 10.6. The van der Waals surface area contributed by atoms with Crippen molar-refractivity contribution in [3.8, 4) is 11.4 Å². The lowest BCUT2D eigenvalue weighted by Gasteiger charge is -2.34. The minimum absolute atomic E-state index is 0.296. The van der Waals surface area contributed by atoms with E-state index in [1.54, 1.807) is 0 Å². The summed E-state index contributed by atoms with van der Waals surface area (Å²) in [7, 11) is 0. The average Bonchev–Trinajstić information content (AvgIpc) is 3.50. The Hall–Kier alpha value is -3.26. The molecule has 1 aromatic carbocycles.